The van der Waals surface area contributed by atoms with Crippen molar-refractivity contribution in [1.82, 2.24) is 4.90 Å². The van der Waals surface area contributed by atoms with Gasteiger partial charge in [0.2, 0.25) is 0 Å². The molecule has 2 aliphatic rings. The summed E-state index contributed by atoms with van der Waals surface area (Å²) in [5, 5.41) is 0. The molecule has 1 aliphatic carbocycles. The lowest BCUT2D eigenvalue weighted by molar-refractivity contribution is 0.0552. The van der Waals surface area contributed by atoms with Crippen molar-refractivity contribution in [3.05, 3.63) is 0 Å². The number of rotatable bonds is 4. The highest BCUT2D eigenvalue weighted by molar-refractivity contribution is 4.99. The Balaban J connectivity index is 1.95. The summed E-state index contributed by atoms with van der Waals surface area (Å²) in [6.45, 7) is 8.14. The standard InChI is InChI=1S/C15H30N2/c1-3-13-6-9-17(10-7-13)15(12-16)8-5-14(4-2)11-15/h13-14H,3-12,16H2,1-2H3. The number of piperidine rings is 1. The Labute approximate surface area is 107 Å². The Bertz CT molecular complexity index is 233. The van der Waals surface area contributed by atoms with Gasteiger partial charge in [-0.05, 0) is 57.0 Å². The predicted molar refractivity (Wildman–Crippen MR) is 74.0 cm³/mol. The Morgan fingerprint density at radius 3 is 2.18 bits per heavy atom. The van der Waals surface area contributed by atoms with Crippen molar-refractivity contribution in [2.24, 2.45) is 17.6 Å². The second-order valence-corrected chi connectivity index (χ2v) is 6.28. The van der Waals surface area contributed by atoms with Crippen molar-refractivity contribution in [3.63, 3.8) is 0 Å². The van der Waals surface area contributed by atoms with E-state index in [-0.39, 0.29) is 0 Å². The summed E-state index contributed by atoms with van der Waals surface area (Å²) in [6.07, 6.45) is 9.61. The maximum atomic E-state index is 6.14. The summed E-state index contributed by atoms with van der Waals surface area (Å²) >= 11 is 0. The van der Waals surface area contributed by atoms with Gasteiger partial charge in [0.1, 0.15) is 0 Å². The fourth-order valence-electron chi connectivity index (χ4n) is 3.98. The lowest BCUT2D eigenvalue weighted by Gasteiger charge is -2.45. The monoisotopic (exact) mass is 238 g/mol. The first-order chi connectivity index (χ1) is 8.24. The van der Waals surface area contributed by atoms with E-state index in [0.717, 1.165) is 18.4 Å². The second-order valence-electron chi connectivity index (χ2n) is 6.28. The van der Waals surface area contributed by atoms with Crippen LogP contribution in [-0.2, 0) is 0 Å². The molecular formula is C15H30N2. The maximum absolute atomic E-state index is 6.14. The van der Waals surface area contributed by atoms with E-state index in [1.165, 1.54) is 58.0 Å². The van der Waals surface area contributed by atoms with Gasteiger partial charge in [0.25, 0.3) is 0 Å². The zero-order chi connectivity index (χ0) is 12.3. The molecule has 1 saturated carbocycles. The molecular weight excluding hydrogens is 208 g/mol. The Morgan fingerprint density at radius 2 is 1.71 bits per heavy atom. The third-order valence-electron chi connectivity index (χ3n) is 5.51. The van der Waals surface area contributed by atoms with Gasteiger partial charge in [-0.15, -0.1) is 0 Å². The number of likely N-dealkylation sites (tertiary alicyclic amines) is 1. The molecule has 1 saturated heterocycles. The molecule has 1 heterocycles. The van der Waals surface area contributed by atoms with E-state index in [1.54, 1.807) is 0 Å². The molecule has 2 nitrogen and oxygen atoms in total. The predicted octanol–water partition coefficient (Wildman–Crippen LogP) is 3.02. The molecule has 2 atom stereocenters. The Morgan fingerprint density at radius 1 is 1.06 bits per heavy atom. The van der Waals surface area contributed by atoms with E-state index >= 15 is 0 Å². The van der Waals surface area contributed by atoms with E-state index in [9.17, 15) is 0 Å². The van der Waals surface area contributed by atoms with Crippen LogP contribution in [0.25, 0.3) is 0 Å². The minimum Gasteiger partial charge on any atom is -0.329 e. The van der Waals surface area contributed by atoms with Crippen LogP contribution >= 0.6 is 0 Å². The minimum atomic E-state index is 0.374. The summed E-state index contributed by atoms with van der Waals surface area (Å²) < 4.78 is 0. The summed E-state index contributed by atoms with van der Waals surface area (Å²) in [5.41, 5.74) is 6.52. The maximum Gasteiger partial charge on any atom is 0.0334 e. The van der Waals surface area contributed by atoms with Crippen LogP contribution in [0.5, 0.6) is 0 Å². The SMILES string of the molecule is CCC1CCN(C2(CN)CCC(CC)C2)CC1. The number of nitrogens with two attached hydrogens (primary N) is 1. The van der Waals surface area contributed by atoms with Gasteiger partial charge in [-0.1, -0.05) is 26.7 Å². The summed E-state index contributed by atoms with van der Waals surface area (Å²) in [4.78, 5) is 2.74. The van der Waals surface area contributed by atoms with Crippen molar-refractivity contribution in [2.75, 3.05) is 19.6 Å². The summed E-state index contributed by atoms with van der Waals surface area (Å²) in [7, 11) is 0. The molecule has 2 rings (SSSR count). The molecule has 1 aliphatic heterocycles. The van der Waals surface area contributed by atoms with Gasteiger partial charge in [0.15, 0.2) is 0 Å². The average molecular weight is 238 g/mol. The fraction of sp³-hybridized carbons (Fsp3) is 1.00. The normalized spacial score (nSPS) is 36.5. The van der Waals surface area contributed by atoms with Crippen LogP contribution in [0.4, 0.5) is 0 Å². The minimum absolute atomic E-state index is 0.374. The quantitative estimate of drug-likeness (QED) is 0.816. The zero-order valence-corrected chi connectivity index (χ0v) is 11.8. The lowest BCUT2D eigenvalue weighted by atomic mass is 9.87. The van der Waals surface area contributed by atoms with E-state index in [1.807, 2.05) is 0 Å². The molecule has 0 bridgehead atoms. The highest BCUT2D eigenvalue weighted by Gasteiger charge is 2.42. The van der Waals surface area contributed by atoms with Gasteiger partial charge in [-0.3, -0.25) is 4.90 Å². The van der Waals surface area contributed by atoms with Crippen LogP contribution in [0, 0.1) is 11.8 Å². The van der Waals surface area contributed by atoms with E-state index < -0.39 is 0 Å². The molecule has 0 aromatic rings. The van der Waals surface area contributed by atoms with Crippen LogP contribution in [-0.4, -0.2) is 30.1 Å². The van der Waals surface area contributed by atoms with Crippen LogP contribution in [0.3, 0.4) is 0 Å². The Hall–Kier alpha value is -0.0800. The highest BCUT2D eigenvalue weighted by Crippen LogP contribution is 2.41. The first-order valence-electron chi connectivity index (χ1n) is 7.69. The van der Waals surface area contributed by atoms with E-state index in [2.05, 4.69) is 18.7 Å². The van der Waals surface area contributed by atoms with Gasteiger partial charge in [-0.25, -0.2) is 0 Å². The zero-order valence-electron chi connectivity index (χ0n) is 11.8. The molecule has 2 fully saturated rings. The van der Waals surface area contributed by atoms with Crippen LogP contribution in [0.1, 0.15) is 58.8 Å². The van der Waals surface area contributed by atoms with Crippen molar-refractivity contribution >= 4 is 0 Å². The topological polar surface area (TPSA) is 29.3 Å². The molecule has 0 spiro atoms. The molecule has 0 aromatic carbocycles. The molecule has 2 heteroatoms. The number of hydrogen-bond donors (Lipinski definition) is 1. The second kappa shape index (κ2) is 5.71. The average Bonchev–Trinajstić information content (AvgIpc) is 2.84. The molecule has 2 N–H and O–H groups in total. The summed E-state index contributed by atoms with van der Waals surface area (Å²) in [6, 6.07) is 0. The van der Waals surface area contributed by atoms with Gasteiger partial charge < -0.3 is 5.73 Å². The van der Waals surface area contributed by atoms with Crippen LogP contribution in [0.2, 0.25) is 0 Å². The molecule has 0 radical (unpaired) electrons. The van der Waals surface area contributed by atoms with Gasteiger partial charge in [0, 0.05) is 12.1 Å². The fourth-order valence-corrected chi connectivity index (χ4v) is 3.98. The summed E-state index contributed by atoms with van der Waals surface area (Å²) in [5.74, 6) is 1.91. The van der Waals surface area contributed by atoms with Gasteiger partial charge in [0.05, 0.1) is 0 Å². The van der Waals surface area contributed by atoms with Crippen LogP contribution in [0.15, 0.2) is 0 Å². The van der Waals surface area contributed by atoms with Crippen molar-refractivity contribution < 1.29 is 0 Å². The van der Waals surface area contributed by atoms with E-state index in [0.29, 0.717) is 5.54 Å². The van der Waals surface area contributed by atoms with Gasteiger partial charge >= 0.3 is 0 Å². The molecule has 2 unspecified atom stereocenters. The van der Waals surface area contributed by atoms with Crippen molar-refractivity contribution in [2.45, 2.75) is 64.3 Å². The molecule has 100 valence electrons. The van der Waals surface area contributed by atoms with E-state index in [4.69, 9.17) is 5.73 Å². The first-order valence-corrected chi connectivity index (χ1v) is 7.69. The number of hydrogen-bond acceptors (Lipinski definition) is 2. The number of nitrogens with zero attached hydrogens (tertiary/aromatic N) is 1. The van der Waals surface area contributed by atoms with Crippen LogP contribution < -0.4 is 5.73 Å². The first kappa shape index (κ1) is 13.4. The molecule has 17 heavy (non-hydrogen) atoms. The lowest BCUT2D eigenvalue weighted by Crippen LogP contribution is -2.54. The highest BCUT2D eigenvalue weighted by atomic mass is 15.2. The third kappa shape index (κ3) is 2.68. The van der Waals surface area contributed by atoms with Crippen molar-refractivity contribution in [1.29, 1.82) is 0 Å². The third-order valence-corrected chi connectivity index (χ3v) is 5.51. The van der Waals surface area contributed by atoms with Gasteiger partial charge in [-0.2, -0.15) is 0 Å². The smallest absolute Gasteiger partial charge is 0.0334 e. The molecule has 0 amide bonds. The van der Waals surface area contributed by atoms with Crippen molar-refractivity contribution in [3.8, 4) is 0 Å². The molecule has 0 aromatic heterocycles. The Kier molecular flexibility index (Phi) is 4.48. The largest absolute Gasteiger partial charge is 0.329 e.